The highest BCUT2D eigenvalue weighted by molar-refractivity contribution is 4.85. The summed E-state index contributed by atoms with van der Waals surface area (Å²) in [6.45, 7) is 7.80. The first-order valence-electron chi connectivity index (χ1n) is 5.30. The Labute approximate surface area is 86.0 Å². The number of rotatable bonds is 3. The van der Waals surface area contributed by atoms with Gasteiger partial charge in [0.15, 0.2) is 0 Å². The van der Waals surface area contributed by atoms with Crippen LogP contribution in [0.2, 0.25) is 0 Å². The van der Waals surface area contributed by atoms with Crippen molar-refractivity contribution in [2.45, 2.75) is 45.0 Å². The number of aliphatic hydroxyl groups is 1. The van der Waals surface area contributed by atoms with Crippen molar-refractivity contribution >= 4 is 0 Å². The Morgan fingerprint density at radius 3 is 2.71 bits per heavy atom. The number of nitrogens with zero attached hydrogens (tertiary/aromatic N) is 1. The molecule has 0 aromatic carbocycles. The molecule has 4 nitrogen and oxygen atoms in total. The molecule has 4 atom stereocenters. The topological polar surface area (TPSA) is 58.7 Å². The Morgan fingerprint density at radius 2 is 2.21 bits per heavy atom. The van der Waals surface area contributed by atoms with Gasteiger partial charge in [-0.1, -0.05) is 0 Å². The normalized spacial score (nSPS) is 34.1. The highest BCUT2D eigenvalue weighted by atomic mass is 16.5. The Hall–Kier alpha value is -0.160. The van der Waals surface area contributed by atoms with Gasteiger partial charge in [0, 0.05) is 24.7 Å². The summed E-state index contributed by atoms with van der Waals surface area (Å²) < 4.78 is 5.53. The molecule has 1 aliphatic heterocycles. The summed E-state index contributed by atoms with van der Waals surface area (Å²) in [4.78, 5) is 2.25. The first-order chi connectivity index (χ1) is 6.56. The van der Waals surface area contributed by atoms with Crippen molar-refractivity contribution in [2.75, 3.05) is 19.8 Å². The smallest absolute Gasteiger partial charge is 0.0674 e. The molecule has 1 rings (SSSR count). The Kier molecular flexibility index (Phi) is 4.31. The van der Waals surface area contributed by atoms with Gasteiger partial charge in [0.05, 0.1) is 19.3 Å². The van der Waals surface area contributed by atoms with E-state index >= 15 is 0 Å². The van der Waals surface area contributed by atoms with E-state index in [2.05, 4.69) is 18.7 Å². The monoisotopic (exact) mass is 202 g/mol. The van der Waals surface area contributed by atoms with E-state index < -0.39 is 0 Å². The molecule has 84 valence electrons. The maximum absolute atomic E-state index is 9.29. The van der Waals surface area contributed by atoms with Crippen molar-refractivity contribution in [1.29, 1.82) is 0 Å². The number of morpholine rings is 1. The predicted molar refractivity (Wildman–Crippen MR) is 56.1 cm³/mol. The minimum Gasteiger partial charge on any atom is -0.395 e. The van der Waals surface area contributed by atoms with E-state index in [1.54, 1.807) is 0 Å². The molecule has 1 saturated heterocycles. The van der Waals surface area contributed by atoms with Gasteiger partial charge in [-0.05, 0) is 20.8 Å². The van der Waals surface area contributed by atoms with Crippen LogP contribution in [0.4, 0.5) is 0 Å². The van der Waals surface area contributed by atoms with E-state index in [-0.39, 0.29) is 24.8 Å². The standard InChI is InChI=1S/C10H22N2O2/c1-7-6-14-8(2)4-12(7)10(5-13)9(3)11/h7-10,13H,4-6,11H2,1-3H3. The van der Waals surface area contributed by atoms with Crippen molar-refractivity contribution in [2.24, 2.45) is 5.73 Å². The van der Waals surface area contributed by atoms with Gasteiger partial charge in [0.25, 0.3) is 0 Å². The Balaban J connectivity index is 2.62. The van der Waals surface area contributed by atoms with Gasteiger partial charge in [-0.15, -0.1) is 0 Å². The third-order valence-electron chi connectivity index (χ3n) is 2.88. The fraction of sp³-hybridized carbons (Fsp3) is 1.00. The van der Waals surface area contributed by atoms with Crippen LogP contribution in [0.5, 0.6) is 0 Å². The molecule has 0 saturated carbocycles. The first-order valence-corrected chi connectivity index (χ1v) is 5.30. The molecule has 0 aliphatic carbocycles. The van der Waals surface area contributed by atoms with Crippen molar-refractivity contribution in [3.63, 3.8) is 0 Å². The van der Waals surface area contributed by atoms with E-state index in [1.807, 2.05) is 6.92 Å². The quantitative estimate of drug-likeness (QED) is 0.665. The second-order valence-corrected chi connectivity index (χ2v) is 4.30. The Bertz CT molecular complexity index is 176. The molecule has 0 aromatic rings. The molecule has 4 heteroatoms. The summed E-state index contributed by atoms with van der Waals surface area (Å²) in [6, 6.07) is 0.387. The highest BCUT2D eigenvalue weighted by Crippen LogP contribution is 2.16. The molecule has 4 unspecified atom stereocenters. The van der Waals surface area contributed by atoms with E-state index in [0.717, 1.165) is 13.2 Å². The lowest BCUT2D eigenvalue weighted by Crippen LogP contribution is -2.58. The highest BCUT2D eigenvalue weighted by Gasteiger charge is 2.30. The zero-order chi connectivity index (χ0) is 10.7. The van der Waals surface area contributed by atoms with Crippen LogP contribution in [-0.4, -0.2) is 54.0 Å². The van der Waals surface area contributed by atoms with E-state index in [1.165, 1.54) is 0 Å². The fourth-order valence-electron chi connectivity index (χ4n) is 1.96. The maximum Gasteiger partial charge on any atom is 0.0674 e. The number of hydrogen-bond donors (Lipinski definition) is 2. The molecule has 0 aromatic heterocycles. The maximum atomic E-state index is 9.29. The lowest BCUT2D eigenvalue weighted by Gasteiger charge is -2.42. The van der Waals surface area contributed by atoms with E-state index in [9.17, 15) is 5.11 Å². The fourth-order valence-corrected chi connectivity index (χ4v) is 1.96. The van der Waals surface area contributed by atoms with E-state index in [0.29, 0.717) is 6.04 Å². The first kappa shape index (κ1) is 11.9. The molecule has 1 aliphatic rings. The average molecular weight is 202 g/mol. The number of aliphatic hydroxyl groups excluding tert-OH is 1. The van der Waals surface area contributed by atoms with E-state index in [4.69, 9.17) is 10.5 Å². The Morgan fingerprint density at radius 1 is 1.57 bits per heavy atom. The van der Waals surface area contributed by atoms with Crippen molar-refractivity contribution in [3.8, 4) is 0 Å². The second-order valence-electron chi connectivity index (χ2n) is 4.30. The second kappa shape index (κ2) is 5.07. The molecule has 0 bridgehead atoms. The molecule has 0 radical (unpaired) electrons. The molecule has 0 amide bonds. The van der Waals surface area contributed by atoms with Crippen molar-refractivity contribution < 1.29 is 9.84 Å². The molecule has 0 spiro atoms. The average Bonchev–Trinajstić information content (AvgIpc) is 2.11. The summed E-state index contributed by atoms with van der Waals surface area (Å²) in [5.74, 6) is 0. The largest absolute Gasteiger partial charge is 0.395 e. The van der Waals surface area contributed by atoms with Crippen LogP contribution >= 0.6 is 0 Å². The van der Waals surface area contributed by atoms with Gasteiger partial charge in [0.1, 0.15) is 0 Å². The van der Waals surface area contributed by atoms with Crippen LogP contribution in [0.15, 0.2) is 0 Å². The van der Waals surface area contributed by atoms with Crippen LogP contribution in [0, 0.1) is 0 Å². The van der Waals surface area contributed by atoms with Crippen molar-refractivity contribution in [1.82, 2.24) is 4.90 Å². The predicted octanol–water partition coefficient (Wildman–Crippen LogP) is -0.196. The van der Waals surface area contributed by atoms with Gasteiger partial charge < -0.3 is 15.6 Å². The van der Waals surface area contributed by atoms with Crippen LogP contribution in [0.1, 0.15) is 20.8 Å². The molecule has 1 heterocycles. The molecule has 3 N–H and O–H groups in total. The number of hydrogen-bond acceptors (Lipinski definition) is 4. The SMILES string of the molecule is CC1CN(C(CO)C(C)N)C(C)CO1. The minimum absolute atomic E-state index is 0.00671. The summed E-state index contributed by atoms with van der Waals surface area (Å²) in [6.07, 6.45) is 0.235. The summed E-state index contributed by atoms with van der Waals surface area (Å²) in [7, 11) is 0. The van der Waals surface area contributed by atoms with Crippen LogP contribution in [0.25, 0.3) is 0 Å². The van der Waals surface area contributed by atoms with Gasteiger partial charge >= 0.3 is 0 Å². The molecule has 1 fully saturated rings. The molecular weight excluding hydrogens is 180 g/mol. The minimum atomic E-state index is -0.00671. The van der Waals surface area contributed by atoms with Gasteiger partial charge in [-0.3, -0.25) is 4.90 Å². The van der Waals surface area contributed by atoms with Crippen LogP contribution < -0.4 is 5.73 Å². The lowest BCUT2D eigenvalue weighted by molar-refractivity contribution is -0.0764. The summed E-state index contributed by atoms with van der Waals surface area (Å²) in [5.41, 5.74) is 5.84. The molecular formula is C10H22N2O2. The van der Waals surface area contributed by atoms with Crippen LogP contribution in [0.3, 0.4) is 0 Å². The lowest BCUT2D eigenvalue weighted by atomic mass is 10.1. The van der Waals surface area contributed by atoms with Crippen molar-refractivity contribution in [3.05, 3.63) is 0 Å². The third kappa shape index (κ3) is 2.67. The summed E-state index contributed by atoms with van der Waals surface area (Å²) >= 11 is 0. The molecule has 14 heavy (non-hydrogen) atoms. The van der Waals surface area contributed by atoms with Crippen LogP contribution in [-0.2, 0) is 4.74 Å². The zero-order valence-corrected chi connectivity index (χ0v) is 9.31. The van der Waals surface area contributed by atoms with Gasteiger partial charge in [0.2, 0.25) is 0 Å². The van der Waals surface area contributed by atoms with Gasteiger partial charge in [-0.25, -0.2) is 0 Å². The zero-order valence-electron chi connectivity index (χ0n) is 9.31. The third-order valence-corrected chi connectivity index (χ3v) is 2.88. The van der Waals surface area contributed by atoms with Gasteiger partial charge in [-0.2, -0.15) is 0 Å². The number of ether oxygens (including phenoxy) is 1. The summed E-state index contributed by atoms with van der Waals surface area (Å²) in [5, 5.41) is 9.29. The number of nitrogens with two attached hydrogens (primary N) is 1.